The minimum Gasteiger partial charge on any atom is -0.366 e. The molecule has 29 heavy (non-hydrogen) atoms. The monoisotopic (exact) mass is 474 g/mol. The largest absolute Gasteiger partial charge is 0.366 e. The molecule has 2 aromatic carbocycles. The van der Waals surface area contributed by atoms with E-state index in [2.05, 4.69) is 46.3 Å². The van der Waals surface area contributed by atoms with Crippen LogP contribution in [-0.4, -0.2) is 41.1 Å². The number of morpholine rings is 1. The summed E-state index contributed by atoms with van der Waals surface area (Å²) in [7, 11) is 0. The first-order valence-electron chi connectivity index (χ1n) is 9.96. The second kappa shape index (κ2) is 9.43. The molecule has 0 spiro atoms. The Morgan fingerprint density at radius 2 is 2.10 bits per heavy atom. The molecule has 0 saturated carbocycles. The van der Waals surface area contributed by atoms with Crippen molar-refractivity contribution in [2.24, 2.45) is 0 Å². The second-order valence-electron chi connectivity index (χ2n) is 7.28. The van der Waals surface area contributed by atoms with Crippen molar-refractivity contribution in [3.8, 4) is 0 Å². The zero-order chi connectivity index (χ0) is 20.2. The molecule has 0 bridgehead atoms. The van der Waals surface area contributed by atoms with Gasteiger partial charge < -0.3 is 9.64 Å². The molecule has 1 aliphatic rings. The van der Waals surface area contributed by atoms with Gasteiger partial charge in [0.1, 0.15) is 25.7 Å². The lowest BCUT2D eigenvalue weighted by Crippen LogP contribution is -3.13. The van der Waals surface area contributed by atoms with Crippen LogP contribution in [0.3, 0.4) is 0 Å². The van der Waals surface area contributed by atoms with Crippen molar-refractivity contribution >= 4 is 38.6 Å². The zero-order valence-electron chi connectivity index (χ0n) is 16.4. The second-order valence-corrected chi connectivity index (χ2v) is 9.18. The lowest BCUT2D eigenvalue weighted by molar-refractivity contribution is -0.924. The van der Waals surface area contributed by atoms with Gasteiger partial charge in [0.15, 0.2) is 5.16 Å². The Morgan fingerprint density at radius 3 is 2.90 bits per heavy atom. The van der Waals surface area contributed by atoms with Gasteiger partial charge >= 0.3 is 0 Å². The lowest BCUT2D eigenvalue weighted by Gasteiger charge is -2.30. The van der Waals surface area contributed by atoms with Gasteiger partial charge in [-0.2, -0.15) is 0 Å². The third kappa shape index (κ3) is 4.91. The summed E-state index contributed by atoms with van der Waals surface area (Å²) < 4.78 is 8.66. The van der Waals surface area contributed by atoms with Crippen molar-refractivity contribution in [3.05, 3.63) is 68.9 Å². The van der Waals surface area contributed by atoms with Gasteiger partial charge in [-0.25, -0.2) is 4.98 Å². The smallest absolute Gasteiger partial charge is 0.262 e. The highest BCUT2D eigenvalue weighted by Crippen LogP contribution is 2.21. The van der Waals surface area contributed by atoms with Crippen LogP contribution >= 0.6 is 27.7 Å². The number of nitrogens with one attached hydrogen (secondary N) is 1. The van der Waals surface area contributed by atoms with Crippen molar-refractivity contribution in [1.29, 1.82) is 0 Å². The van der Waals surface area contributed by atoms with Gasteiger partial charge in [0.05, 0.1) is 17.5 Å². The Hall–Kier alpha value is -1.67. The van der Waals surface area contributed by atoms with E-state index < -0.39 is 0 Å². The van der Waals surface area contributed by atoms with Crippen LogP contribution < -0.4 is 10.5 Å². The van der Waals surface area contributed by atoms with E-state index in [1.807, 2.05) is 25.1 Å². The van der Waals surface area contributed by atoms with E-state index in [1.165, 1.54) is 10.5 Å². The van der Waals surface area contributed by atoms with Gasteiger partial charge in [-0.05, 0) is 25.1 Å². The van der Waals surface area contributed by atoms with Crippen molar-refractivity contribution in [3.63, 3.8) is 0 Å². The van der Waals surface area contributed by atoms with E-state index in [1.54, 1.807) is 16.3 Å². The van der Waals surface area contributed by atoms with Crippen LogP contribution in [-0.2, 0) is 17.8 Å². The Morgan fingerprint density at radius 1 is 1.28 bits per heavy atom. The average molecular weight is 475 g/mol. The van der Waals surface area contributed by atoms with Crippen molar-refractivity contribution in [1.82, 2.24) is 9.55 Å². The zero-order valence-corrected chi connectivity index (χ0v) is 18.8. The van der Waals surface area contributed by atoms with E-state index in [-0.39, 0.29) is 11.7 Å². The first-order chi connectivity index (χ1) is 14.1. The van der Waals surface area contributed by atoms with Crippen LogP contribution in [0, 0.1) is 0 Å². The Bertz CT molecular complexity index is 1040. The van der Waals surface area contributed by atoms with E-state index in [0.29, 0.717) is 11.9 Å². The molecule has 2 atom stereocenters. The van der Waals surface area contributed by atoms with Crippen LogP contribution in [0.25, 0.3) is 10.9 Å². The molecule has 4 rings (SSSR count). The predicted molar refractivity (Wildman–Crippen MR) is 121 cm³/mol. The minimum absolute atomic E-state index is 0.0159. The number of ether oxygens (including phenoxy) is 1. The van der Waals surface area contributed by atoms with E-state index in [4.69, 9.17) is 9.72 Å². The molecule has 1 aliphatic heterocycles. The number of quaternary nitrogens is 1. The maximum atomic E-state index is 12.9. The third-order valence-electron chi connectivity index (χ3n) is 5.22. The highest BCUT2D eigenvalue weighted by molar-refractivity contribution is 9.10. The number of rotatable bonds is 6. The van der Waals surface area contributed by atoms with Gasteiger partial charge in [0.2, 0.25) is 0 Å². The highest BCUT2D eigenvalue weighted by Gasteiger charge is 2.24. The molecule has 3 aromatic rings. The summed E-state index contributed by atoms with van der Waals surface area (Å²) in [6.45, 7) is 6.38. The summed E-state index contributed by atoms with van der Waals surface area (Å²) in [5.74, 6) is 0.798. The van der Waals surface area contributed by atoms with Crippen molar-refractivity contribution in [2.75, 3.05) is 25.4 Å². The number of thioether (sulfide) groups is 1. The molecule has 0 amide bonds. The summed E-state index contributed by atoms with van der Waals surface area (Å²) in [6, 6.07) is 16.3. The Labute approximate surface area is 183 Å². The lowest BCUT2D eigenvalue weighted by atomic mass is 10.2. The van der Waals surface area contributed by atoms with Crippen molar-refractivity contribution < 1.29 is 9.64 Å². The van der Waals surface area contributed by atoms with Crippen LogP contribution in [0.4, 0.5) is 0 Å². The fraction of sp³-hybridized carbons (Fsp3) is 0.364. The Balaban J connectivity index is 1.46. The van der Waals surface area contributed by atoms with Gasteiger partial charge in [-0.15, -0.1) is 0 Å². The molecule has 0 radical (unpaired) electrons. The fourth-order valence-electron chi connectivity index (χ4n) is 3.73. The van der Waals surface area contributed by atoms with E-state index in [0.717, 1.165) is 47.1 Å². The van der Waals surface area contributed by atoms with Crippen LogP contribution in [0.1, 0.15) is 12.5 Å². The molecule has 1 aromatic heterocycles. The number of hydrogen-bond donors (Lipinski definition) is 1. The first kappa shape index (κ1) is 20.6. The van der Waals surface area contributed by atoms with E-state index in [9.17, 15) is 4.79 Å². The molecular formula is C22H25BrN3O2S+. The number of hydrogen-bond acceptors (Lipinski definition) is 4. The molecule has 2 heterocycles. The molecule has 152 valence electrons. The summed E-state index contributed by atoms with van der Waals surface area (Å²) >= 11 is 5.07. The van der Waals surface area contributed by atoms with Crippen LogP contribution in [0.5, 0.6) is 0 Å². The Kier molecular flexibility index (Phi) is 6.70. The number of fused-ring (bicyclic) bond motifs is 1. The van der Waals surface area contributed by atoms with Crippen LogP contribution in [0.2, 0.25) is 0 Å². The molecule has 5 nitrogen and oxygen atoms in total. The SMILES string of the molecule is CCn1c(SC[C@@H]2C[NH+](Cc3ccccc3)CCO2)nc2ccc(Br)cc2c1=O. The third-order valence-corrected chi connectivity index (χ3v) is 6.82. The predicted octanol–water partition coefficient (Wildman–Crippen LogP) is 2.75. The maximum absolute atomic E-state index is 12.9. The van der Waals surface area contributed by atoms with Gasteiger partial charge in [-0.3, -0.25) is 9.36 Å². The quantitative estimate of drug-likeness (QED) is 0.440. The highest BCUT2D eigenvalue weighted by atomic mass is 79.9. The molecule has 1 fully saturated rings. The first-order valence-corrected chi connectivity index (χ1v) is 11.7. The van der Waals surface area contributed by atoms with E-state index >= 15 is 0 Å². The number of aromatic nitrogens is 2. The molecule has 1 unspecified atom stereocenters. The average Bonchev–Trinajstić information content (AvgIpc) is 2.74. The number of benzene rings is 2. The van der Waals surface area contributed by atoms with Crippen molar-refractivity contribution in [2.45, 2.75) is 31.3 Å². The molecule has 7 heteroatoms. The normalized spacial score (nSPS) is 19.5. The standard InChI is InChI=1S/C22H24BrN3O2S/c1-2-26-21(27)19-12-17(23)8-9-20(19)24-22(26)29-15-18-14-25(10-11-28-18)13-16-6-4-3-5-7-16/h3-9,12,18H,2,10-11,13-15H2,1H3/p+1/t18-/m0/s1. The number of nitrogens with zero attached hydrogens (tertiary/aromatic N) is 2. The summed E-state index contributed by atoms with van der Waals surface area (Å²) in [5.41, 5.74) is 2.12. The van der Waals surface area contributed by atoms with Gasteiger partial charge in [0, 0.05) is 22.3 Å². The maximum Gasteiger partial charge on any atom is 0.262 e. The van der Waals surface area contributed by atoms with Crippen LogP contribution in [0.15, 0.2) is 63.0 Å². The summed E-state index contributed by atoms with van der Waals surface area (Å²) in [6.07, 6.45) is 0.162. The summed E-state index contributed by atoms with van der Waals surface area (Å²) in [4.78, 5) is 19.2. The minimum atomic E-state index is 0.0159. The van der Waals surface area contributed by atoms with Gasteiger partial charge in [-0.1, -0.05) is 58.0 Å². The molecule has 0 aliphatic carbocycles. The number of halogens is 1. The molecular weight excluding hydrogens is 450 g/mol. The molecule has 1 N–H and O–H groups in total. The molecule has 1 saturated heterocycles. The topological polar surface area (TPSA) is 48.6 Å². The van der Waals surface area contributed by atoms with Gasteiger partial charge in [0.25, 0.3) is 5.56 Å². The summed E-state index contributed by atoms with van der Waals surface area (Å²) in [5, 5.41) is 1.42. The fourth-order valence-corrected chi connectivity index (χ4v) is 5.18.